The number of nitrogens with one attached hydrogen (secondary N) is 2. The molecule has 236 valence electrons. The molecular formula is C35H44N2O7. The number of ether oxygens (including phenoxy) is 3. The molecule has 0 spiro atoms. The second kappa shape index (κ2) is 15.7. The summed E-state index contributed by atoms with van der Waals surface area (Å²) in [4.78, 5) is 52.6. The summed E-state index contributed by atoms with van der Waals surface area (Å²) >= 11 is 0. The van der Waals surface area contributed by atoms with Crippen molar-refractivity contribution >= 4 is 23.6 Å². The van der Waals surface area contributed by atoms with Crippen LogP contribution in [0.15, 0.2) is 66.7 Å². The molecule has 9 nitrogen and oxygen atoms in total. The third-order valence-electron chi connectivity index (χ3n) is 8.16. The minimum Gasteiger partial charge on any atom is -0.497 e. The molecule has 1 fully saturated rings. The zero-order valence-electron chi connectivity index (χ0n) is 26.0. The van der Waals surface area contributed by atoms with Crippen LogP contribution in [0.2, 0.25) is 0 Å². The van der Waals surface area contributed by atoms with Gasteiger partial charge in [-0.15, -0.1) is 0 Å². The highest BCUT2D eigenvalue weighted by Gasteiger charge is 2.47. The lowest BCUT2D eigenvalue weighted by molar-refractivity contribution is -0.158. The highest BCUT2D eigenvalue weighted by molar-refractivity contribution is 5.93. The highest BCUT2D eigenvalue weighted by atomic mass is 16.6. The first-order valence-electron chi connectivity index (χ1n) is 15.4. The Hall–Kier alpha value is -3.98. The number of cyclic esters (lactones) is 1. The average Bonchev–Trinajstić information content (AvgIpc) is 3.81. The van der Waals surface area contributed by atoms with Crippen LogP contribution in [-0.4, -0.2) is 55.5 Å². The predicted molar refractivity (Wildman–Crippen MR) is 166 cm³/mol. The Kier molecular flexibility index (Phi) is 11.7. The molecule has 2 unspecified atom stereocenters. The number of ketones is 1. The number of benzene rings is 2. The molecule has 0 radical (unpaired) electrons. The van der Waals surface area contributed by atoms with Crippen molar-refractivity contribution in [2.75, 3.05) is 13.7 Å². The maximum absolute atomic E-state index is 13.5. The quantitative estimate of drug-likeness (QED) is 0.336. The van der Waals surface area contributed by atoms with Crippen molar-refractivity contribution in [3.63, 3.8) is 0 Å². The van der Waals surface area contributed by atoms with E-state index in [4.69, 9.17) is 14.2 Å². The van der Waals surface area contributed by atoms with Gasteiger partial charge in [-0.2, -0.15) is 0 Å². The molecule has 2 N–H and O–H groups in total. The lowest BCUT2D eigenvalue weighted by Crippen LogP contribution is -2.48. The first-order valence-corrected chi connectivity index (χ1v) is 15.4. The van der Waals surface area contributed by atoms with Crippen LogP contribution in [0.5, 0.6) is 5.75 Å². The van der Waals surface area contributed by atoms with Gasteiger partial charge in [-0.25, -0.2) is 0 Å². The molecule has 2 aromatic rings. The largest absolute Gasteiger partial charge is 0.497 e. The summed E-state index contributed by atoms with van der Waals surface area (Å²) in [5.74, 6) is -1.27. The predicted octanol–water partition coefficient (Wildman–Crippen LogP) is 4.50. The Morgan fingerprint density at radius 2 is 1.70 bits per heavy atom. The van der Waals surface area contributed by atoms with Gasteiger partial charge in [0.25, 0.3) is 0 Å². The van der Waals surface area contributed by atoms with Crippen molar-refractivity contribution in [1.82, 2.24) is 10.6 Å². The van der Waals surface area contributed by atoms with Crippen molar-refractivity contribution in [1.29, 1.82) is 0 Å². The van der Waals surface area contributed by atoms with Gasteiger partial charge in [-0.1, -0.05) is 69.3 Å². The number of rotatable bonds is 8. The second-order valence-corrected chi connectivity index (χ2v) is 12.1. The molecule has 9 heteroatoms. The van der Waals surface area contributed by atoms with E-state index in [9.17, 15) is 19.2 Å². The molecule has 0 aromatic heterocycles. The first-order chi connectivity index (χ1) is 21.1. The summed E-state index contributed by atoms with van der Waals surface area (Å²) in [7, 11) is 1.58. The zero-order valence-corrected chi connectivity index (χ0v) is 26.0. The van der Waals surface area contributed by atoms with E-state index in [1.165, 1.54) is 6.08 Å². The third-order valence-corrected chi connectivity index (χ3v) is 8.16. The van der Waals surface area contributed by atoms with Gasteiger partial charge in [-0.3, -0.25) is 19.2 Å². The van der Waals surface area contributed by atoms with Crippen molar-refractivity contribution in [3.8, 4) is 5.75 Å². The Morgan fingerprint density at radius 3 is 2.39 bits per heavy atom. The number of esters is 1. The third kappa shape index (κ3) is 9.51. The summed E-state index contributed by atoms with van der Waals surface area (Å²) in [6, 6.07) is 16.3. The Morgan fingerprint density at radius 1 is 0.977 bits per heavy atom. The summed E-state index contributed by atoms with van der Waals surface area (Å²) < 4.78 is 17.3. The van der Waals surface area contributed by atoms with Gasteiger partial charge in [0.1, 0.15) is 29.8 Å². The van der Waals surface area contributed by atoms with Crippen LogP contribution in [0.25, 0.3) is 0 Å². The van der Waals surface area contributed by atoms with Crippen LogP contribution in [-0.2, 0) is 35.1 Å². The number of epoxide rings is 1. The average molecular weight is 605 g/mol. The van der Waals surface area contributed by atoms with Gasteiger partial charge in [0.05, 0.1) is 19.1 Å². The van der Waals surface area contributed by atoms with Crippen molar-refractivity contribution in [3.05, 3.63) is 77.9 Å². The molecule has 0 aliphatic carbocycles. The number of Topliss-reactive ketones (excluding diaryl/α,β-unsaturated/α-hetero) is 1. The number of hydrogen-bond acceptors (Lipinski definition) is 7. The first kappa shape index (κ1) is 32.9. The van der Waals surface area contributed by atoms with Gasteiger partial charge in [-0.05, 0) is 41.7 Å². The molecule has 1 saturated heterocycles. The number of hydrogen-bond donors (Lipinski definition) is 2. The number of carbonyl (C=O) groups excluding carboxylic acids is 4. The van der Waals surface area contributed by atoms with Crippen LogP contribution in [0.4, 0.5) is 0 Å². The smallest absolute Gasteiger partial charge is 0.309 e. The molecule has 2 aliphatic heterocycles. The van der Waals surface area contributed by atoms with Gasteiger partial charge in [0, 0.05) is 38.1 Å². The van der Waals surface area contributed by atoms with Gasteiger partial charge >= 0.3 is 5.97 Å². The van der Waals surface area contributed by atoms with Crippen molar-refractivity contribution < 1.29 is 33.4 Å². The molecule has 6 atom stereocenters. The molecule has 2 aromatic carbocycles. The number of methoxy groups -OCH3 is 1. The Labute approximate surface area is 259 Å². The molecule has 2 amide bonds. The SMILES string of the molecule is COc1ccc(C[C@H]2NC(=O)/C=C/C[C@@H]([C@H](C)C3OC3c3ccccc3)OC(=O)[C@H](CC(C)C)CC(=O)CCNC2=O)cc1. The van der Waals surface area contributed by atoms with Crippen LogP contribution in [0, 0.1) is 17.8 Å². The summed E-state index contributed by atoms with van der Waals surface area (Å²) in [5.41, 5.74) is 1.90. The van der Waals surface area contributed by atoms with E-state index in [0.717, 1.165) is 11.1 Å². The normalized spacial score (nSPS) is 26.7. The fourth-order valence-electron chi connectivity index (χ4n) is 5.65. The van der Waals surface area contributed by atoms with E-state index in [2.05, 4.69) is 10.6 Å². The molecule has 2 aliphatic rings. The van der Waals surface area contributed by atoms with Crippen LogP contribution < -0.4 is 15.4 Å². The van der Waals surface area contributed by atoms with E-state index in [1.807, 2.05) is 63.2 Å². The number of amides is 2. The molecule has 0 bridgehead atoms. The topological polar surface area (TPSA) is 123 Å². The minimum atomic E-state index is -0.851. The maximum atomic E-state index is 13.5. The highest BCUT2D eigenvalue weighted by Crippen LogP contribution is 2.45. The number of carbonyl (C=O) groups is 4. The van der Waals surface area contributed by atoms with E-state index < -0.39 is 29.9 Å². The zero-order chi connectivity index (χ0) is 31.6. The van der Waals surface area contributed by atoms with Crippen molar-refractivity contribution in [2.45, 2.75) is 77.2 Å². The monoisotopic (exact) mass is 604 g/mol. The lowest BCUT2D eigenvalue weighted by Gasteiger charge is -2.26. The molecular weight excluding hydrogens is 560 g/mol. The van der Waals surface area contributed by atoms with Crippen LogP contribution >= 0.6 is 0 Å². The van der Waals surface area contributed by atoms with E-state index in [1.54, 1.807) is 25.3 Å². The standard InChI is InChI=1S/C35H44N2O7/c1-22(2)19-26-21-27(38)17-18-36-34(40)29(20-24-13-15-28(42-4)16-14-24)37-31(39)12-8-11-30(43-35(26)41)23(3)32-33(44-32)25-9-6-5-7-10-25/h5-10,12-16,22-23,26,29-30,32-33H,11,17-21H2,1-4H3,(H,36,40)(H,37,39)/b12-8+/t23-,26+,29+,30-,32?,33?/m0/s1. The summed E-state index contributed by atoms with van der Waals surface area (Å²) in [5, 5.41) is 5.58. The fraction of sp³-hybridized carbons (Fsp3) is 0.486. The van der Waals surface area contributed by atoms with E-state index in [-0.39, 0.29) is 68.0 Å². The maximum Gasteiger partial charge on any atom is 0.309 e. The minimum absolute atomic E-state index is 0.0441. The Bertz CT molecular complexity index is 1310. The molecule has 2 heterocycles. The van der Waals surface area contributed by atoms with Gasteiger partial charge in [0.2, 0.25) is 11.8 Å². The van der Waals surface area contributed by atoms with E-state index >= 15 is 0 Å². The van der Waals surface area contributed by atoms with Gasteiger partial charge < -0.3 is 24.8 Å². The fourth-order valence-corrected chi connectivity index (χ4v) is 5.65. The summed E-state index contributed by atoms with van der Waals surface area (Å²) in [6.45, 7) is 6.09. The van der Waals surface area contributed by atoms with E-state index in [0.29, 0.717) is 12.2 Å². The second-order valence-electron chi connectivity index (χ2n) is 12.1. The van der Waals surface area contributed by atoms with Crippen molar-refractivity contribution in [2.24, 2.45) is 17.8 Å². The molecule has 4 rings (SSSR count). The van der Waals surface area contributed by atoms with Crippen LogP contribution in [0.3, 0.4) is 0 Å². The molecule has 0 saturated carbocycles. The summed E-state index contributed by atoms with van der Waals surface area (Å²) in [6.07, 6.45) is 3.40. The van der Waals surface area contributed by atoms with Gasteiger partial charge in [0.15, 0.2) is 0 Å². The Balaban J connectivity index is 1.54. The van der Waals surface area contributed by atoms with Crippen LogP contribution in [0.1, 0.15) is 63.7 Å². The molecule has 44 heavy (non-hydrogen) atoms. The lowest BCUT2D eigenvalue weighted by atomic mass is 9.90.